The van der Waals surface area contributed by atoms with Gasteiger partial charge in [0.2, 0.25) is 10.0 Å². The minimum absolute atomic E-state index is 0.0417. The fourth-order valence-corrected chi connectivity index (χ4v) is 2.91. The number of hydrogen-bond acceptors (Lipinski definition) is 4. The van der Waals surface area contributed by atoms with Crippen LogP contribution in [0.4, 0.5) is 0 Å². The van der Waals surface area contributed by atoms with Gasteiger partial charge in [0, 0.05) is 31.9 Å². The Hall–Kier alpha value is -1.92. The number of pyridine rings is 1. The summed E-state index contributed by atoms with van der Waals surface area (Å²) in [5, 5.41) is 9.20. The van der Waals surface area contributed by atoms with Crippen LogP contribution in [0.5, 0.6) is 5.75 Å². The molecule has 2 aromatic rings. The first-order chi connectivity index (χ1) is 9.50. The largest absolute Gasteiger partial charge is 0.508 e. The molecular formula is C14H16N2O3S. The summed E-state index contributed by atoms with van der Waals surface area (Å²) in [7, 11) is -2.00. The Morgan fingerprint density at radius 1 is 1.15 bits per heavy atom. The highest BCUT2D eigenvalue weighted by atomic mass is 32.2. The van der Waals surface area contributed by atoms with E-state index in [9.17, 15) is 13.5 Å². The lowest BCUT2D eigenvalue weighted by Gasteiger charge is -2.17. The molecule has 0 saturated heterocycles. The highest BCUT2D eigenvalue weighted by molar-refractivity contribution is 7.89. The molecule has 0 amide bonds. The quantitative estimate of drug-likeness (QED) is 0.909. The van der Waals surface area contributed by atoms with Gasteiger partial charge in [-0.1, -0.05) is 6.07 Å². The molecule has 0 saturated carbocycles. The van der Waals surface area contributed by atoms with Gasteiger partial charge in [-0.15, -0.1) is 0 Å². The van der Waals surface area contributed by atoms with Gasteiger partial charge in [-0.05, 0) is 36.4 Å². The number of hydrogen-bond donors (Lipinski definition) is 1. The van der Waals surface area contributed by atoms with Gasteiger partial charge in [0.25, 0.3) is 0 Å². The maximum Gasteiger partial charge on any atom is 0.242 e. The van der Waals surface area contributed by atoms with Gasteiger partial charge in [0.05, 0.1) is 4.90 Å². The molecule has 5 nitrogen and oxygen atoms in total. The Bertz CT molecular complexity index is 655. The molecule has 0 aliphatic carbocycles. The second-order valence-electron chi connectivity index (χ2n) is 4.39. The first kappa shape index (κ1) is 14.5. The van der Waals surface area contributed by atoms with E-state index in [1.807, 2.05) is 18.2 Å². The minimum Gasteiger partial charge on any atom is -0.508 e. The molecular weight excluding hydrogens is 276 g/mol. The molecule has 0 unspecified atom stereocenters. The number of nitrogens with zero attached hydrogens (tertiary/aromatic N) is 2. The van der Waals surface area contributed by atoms with Crippen LogP contribution in [0, 0.1) is 0 Å². The Labute approximate surface area is 118 Å². The van der Waals surface area contributed by atoms with Crippen molar-refractivity contribution in [3.8, 4) is 5.75 Å². The zero-order chi connectivity index (χ0) is 14.6. The Balaban J connectivity index is 2.08. The van der Waals surface area contributed by atoms with Crippen LogP contribution in [-0.4, -0.2) is 36.4 Å². The second kappa shape index (κ2) is 6.02. The number of rotatable bonds is 5. The fourth-order valence-electron chi connectivity index (χ4n) is 1.74. The Morgan fingerprint density at radius 2 is 1.85 bits per heavy atom. The lowest BCUT2D eigenvalue weighted by Crippen LogP contribution is -2.29. The van der Waals surface area contributed by atoms with Crippen LogP contribution in [0.3, 0.4) is 0 Å². The smallest absolute Gasteiger partial charge is 0.242 e. The van der Waals surface area contributed by atoms with Crippen molar-refractivity contribution in [2.45, 2.75) is 11.3 Å². The molecule has 1 N–H and O–H groups in total. The zero-order valence-electron chi connectivity index (χ0n) is 11.1. The van der Waals surface area contributed by atoms with Crippen molar-refractivity contribution >= 4 is 10.0 Å². The van der Waals surface area contributed by atoms with Crippen LogP contribution in [-0.2, 0) is 16.4 Å². The van der Waals surface area contributed by atoms with Gasteiger partial charge in [-0.3, -0.25) is 4.98 Å². The summed E-state index contributed by atoms with van der Waals surface area (Å²) >= 11 is 0. The average molecular weight is 292 g/mol. The molecule has 0 bridgehead atoms. The van der Waals surface area contributed by atoms with Gasteiger partial charge in [0.1, 0.15) is 5.75 Å². The first-order valence-electron chi connectivity index (χ1n) is 6.15. The predicted octanol–water partition coefficient (Wildman–Crippen LogP) is 1.65. The van der Waals surface area contributed by atoms with Gasteiger partial charge < -0.3 is 5.11 Å². The summed E-state index contributed by atoms with van der Waals surface area (Å²) in [5.41, 5.74) is 0.847. The number of sulfonamides is 1. The summed E-state index contributed by atoms with van der Waals surface area (Å²) in [6, 6.07) is 11.1. The molecule has 0 radical (unpaired) electrons. The highest BCUT2D eigenvalue weighted by Crippen LogP contribution is 2.17. The fraction of sp³-hybridized carbons (Fsp3) is 0.214. The molecule has 1 heterocycles. The van der Waals surface area contributed by atoms with Crippen molar-refractivity contribution in [2.75, 3.05) is 13.6 Å². The Kier molecular flexibility index (Phi) is 4.36. The van der Waals surface area contributed by atoms with E-state index < -0.39 is 10.0 Å². The van der Waals surface area contributed by atoms with E-state index in [0.717, 1.165) is 5.69 Å². The van der Waals surface area contributed by atoms with Crippen LogP contribution < -0.4 is 0 Å². The van der Waals surface area contributed by atoms with E-state index >= 15 is 0 Å². The number of benzene rings is 1. The Morgan fingerprint density at radius 3 is 2.45 bits per heavy atom. The monoisotopic (exact) mass is 292 g/mol. The third-order valence-corrected chi connectivity index (χ3v) is 4.82. The molecule has 0 fully saturated rings. The van der Waals surface area contributed by atoms with Crippen LogP contribution in [0.15, 0.2) is 53.6 Å². The SMILES string of the molecule is CN(CCc1ccccn1)S(=O)(=O)c1ccc(O)cc1. The van der Waals surface area contributed by atoms with Crippen molar-refractivity contribution in [1.82, 2.24) is 9.29 Å². The lowest BCUT2D eigenvalue weighted by molar-refractivity contribution is 0.468. The number of phenols is 1. The topological polar surface area (TPSA) is 70.5 Å². The average Bonchev–Trinajstić information content (AvgIpc) is 2.46. The first-order valence-corrected chi connectivity index (χ1v) is 7.59. The van der Waals surface area contributed by atoms with Crippen LogP contribution >= 0.6 is 0 Å². The molecule has 0 aliphatic rings. The van der Waals surface area contributed by atoms with E-state index in [1.54, 1.807) is 6.20 Å². The van der Waals surface area contributed by atoms with Gasteiger partial charge in [-0.2, -0.15) is 0 Å². The summed E-state index contributed by atoms with van der Waals surface area (Å²) in [5.74, 6) is 0.0417. The zero-order valence-corrected chi connectivity index (χ0v) is 11.9. The molecule has 20 heavy (non-hydrogen) atoms. The third-order valence-electron chi connectivity index (χ3n) is 2.95. The van der Waals surface area contributed by atoms with Gasteiger partial charge >= 0.3 is 0 Å². The highest BCUT2D eigenvalue weighted by Gasteiger charge is 2.20. The lowest BCUT2D eigenvalue weighted by atomic mass is 10.3. The van der Waals surface area contributed by atoms with Crippen LogP contribution in [0.2, 0.25) is 0 Å². The van der Waals surface area contributed by atoms with E-state index in [1.165, 1.54) is 35.6 Å². The van der Waals surface area contributed by atoms with Crippen LogP contribution in [0.25, 0.3) is 0 Å². The molecule has 1 aromatic heterocycles. The van der Waals surface area contributed by atoms with E-state index in [0.29, 0.717) is 13.0 Å². The molecule has 0 aliphatic heterocycles. The summed E-state index contributed by atoms with van der Waals surface area (Å²) in [6.45, 7) is 0.347. The van der Waals surface area contributed by atoms with E-state index in [4.69, 9.17) is 0 Å². The predicted molar refractivity (Wildman–Crippen MR) is 75.9 cm³/mol. The maximum absolute atomic E-state index is 12.3. The molecule has 2 rings (SSSR count). The number of likely N-dealkylation sites (N-methyl/N-ethyl adjacent to an activating group) is 1. The standard InChI is InChI=1S/C14H16N2O3S/c1-16(11-9-12-4-2-3-10-15-12)20(18,19)14-7-5-13(17)6-8-14/h2-8,10,17H,9,11H2,1H3. The number of phenolic OH excluding ortho intramolecular Hbond substituents is 1. The van der Waals surface area contributed by atoms with E-state index in [2.05, 4.69) is 4.98 Å². The van der Waals surface area contributed by atoms with Gasteiger partial charge in [0.15, 0.2) is 0 Å². The van der Waals surface area contributed by atoms with Crippen molar-refractivity contribution in [3.63, 3.8) is 0 Å². The molecule has 106 valence electrons. The van der Waals surface area contributed by atoms with Crippen molar-refractivity contribution in [3.05, 3.63) is 54.4 Å². The van der Waals surface area contributed by atoms with Crippen LogP contribution in [0.1, 0.15) is 5.69 Å². The second-order valence-corrected chi connectivity index (χ2v) is 6.44. The third kappa shape index (κ3) is 3.34. The number of aromatic hydroxyl groups is 1. The summed E-state index contributed by atoms with van der Waals surface area (Å²) < 4.78 is 25.9. The van der Waals surface area contributed by atoms with Crippen molar-refractivity contribution < 1.29 is 13.5 Å². The maximum atomic E-state index is 12.3. The summed E-state index contributed by atoms with van der Waals surface area (Å²) in [6.07, 6.45) is 2.23. The molecule has 0 spiro atoms. The summed E-state index contributed by atoms with van der Waals surface area (Å²) in [4.78, 5) is 4.33. The van der Waals surface area contributed by atoms with Gasteiger partial charge in [-0.25, -0.2) is 12.7 Å². The van der Waals surface area contributed by atoms with E-state index in [-0.39, 0.29) is 10.6 Å². The molecule has 0 atom stereocenters. The van der Waals surface area contributed by atoms with Crippen molar-refractivity contribution in [2.24, 2.45) is 0 Å². The van der Waals surface area contributed by atoms with Crippen molar-refractivity contribution in [1.29, 1.82) is 0 Å². The minimum atomic E-state index is -3.53. The number of aromatic nitrogens is 1. The molecule has 1 aromatic carbocycles. The molecule has 6 heteroatoms. The normalized spacial score (nSPS) is 11.7.